The van der Waals surface area contributed by atoms with Crippen LogP contribution >= 0.6 is 0 Å². The minimum atomic E-state index is -0.858. The standard InChI is InChI=1S/C34H50FN7O4/c1-7-29(43)38-30(34(46)41-18-16-40(6)17-19-41)23(5)25-12-13-27(26(35)20-25)37-33(45)31(24-10-8-22(4)9-11-24)39-32(44)28-14-15-36-42(28)21(2)3/h12-15,20-24,30-31H,7-11,16-19H2,1-6H3,(H,37,45)(H,38,43)(H,39,44)/t22-,23-,24-,30+,31-/m0/s1. The topological polar surface area (TPSA) is 129 Å². The van der Waals surface area contributed by atoms with Crippen molar-refractivity contribution in [2.75, 3.05) is 38.5 Å². The fraction of sp³-hybridized carbons (Fsp3) is 0.618. The Hall–Kier alpha value is -3.80. The first-order valence-corrected chi connectivity index (χ1v) is 16.6. The molecule has 4 amide bonds. The maximum Gasteiger partial charge on any atom is 0.270 e. The summed E-state index contributed by atoms with van der Waals surface area (Å²) in [4.78, 5) is 56.9. The predicted octanol–water partition coefficient (Wildman–Crippen LogP) is 3.94. The molecule has 46 heavy (non-hydrogen) atoms. The Balaban J connectivity index is 1.52. The van der Waals surface area contributed by atoms with Crippen LogP contribution < -0.4 is 16.0 Å². The van der Waals surface area contributed by atoms with Crippen molar-refractivity contribution in [3.8, 4) is 0 Å². The number of nitrogens with one attached hydrogen (secondary N) is 3. The maximum absolute atomic E-state index is 15.6. The minimum Gasteiger partial charge on any atom is -0.344 e. The molecule has 2 heterocycles. The molecule has 1 saturated carbocycles. The van der Waals surface area contributed by atoms with Gasteiger partial charge >= 0.3 is 0 Å². The van der Waals surface area contributed by atoms with Crippen LogP contribution in [0.25, 0.3) is 0 Å². The number of benzene rings is 1. The third-order valence-corrected chi connectivity index (χ3v) is 9.49. The van der Waals surface area contributed by atoms with Gasteiger partial charge in [0.15, 0.2) is 0 Å². The van der Waals surface area contributed by atoms with Gasteiger partial charge in [0, 0.05) is 50.8 Å². The number of amides is 4. The van der Waals surface area contributed by atoms with Crippen LogP contribution in [0.1, 0.15) is 94.7 Å². The maximum atomic E-state index is 15.6. The van der Waals surface area contributed by atoms with Gasteiger partial charge in [0.1, 0.15) is 23.6 Å². The largest absolute Gasteiger partial charge is 0.344 e. The van der Waals surface area contributed by atoms with E-state index in [4.69, 9.17) is 0 Å². The zero-order valence-corrected chi connectivity index (χ0v) is 28.0. The second-order valence-corrected chi connectivity index (χ2v) is 13.3. The van der Waals surface area contributed by atoms with Crippen LogP contribution in [0.4, 0.5) is 10.1 Å². The van der Waals surface area contributed by atoms with Gasteiger partial charge in [-0.25, -0.2) is 4.39 Å². The van der Waals surface area contributed by atoms with Crippen LogP contribution in [-0.4, -0.2) is 88.5 Å². The summed E-state index contributed by atoms with van der Waals surface area (Å²) >= 11 is 0. The van der Waals surface area contributed by atoms with Crippen molar-refractivity contribution in [3.05, 3.63) is 47.5 Å². The van der Waals surface area contributed by atoms with Crippen molar-refractivity contribution in [1.82, 2.24) is 30.2 Å². The van der Waals surface area contributed by atoms with E-state index in [0.29, 0.717) is 30.3 Å². The van der Waals surface area contributed by atoms with E-state index >= 15 is 4.39 Å². The molecule has 4 rings (SSSR count). The number of halogens is 1. The average molecular weight is 640 g/mol. The quantitative estimate of drug-likeness (QED) is 0.342. The summed E-state index contributed by atoms with van der Waals surface area (Å²) in [7, 11) is 2.00. The Morgan fingerprint density at radius 1 is 0.978 bits per heavy atom. The zero-order chi connectivity index (χ0) is 33.5. The number of piperazine rings is 1. The highest BCUT2D eigenvalue weighted by Gasteiger charge is 2.35. The molecule has 3 N–H and O–H groups in total. The number of hydrogen-bond donors (Lipinski definition) is 3. The Morgan fingerprint density at radius 3 is 2.26 bits per heavy atom. The molecule has 12 heteroatoms. The third kappa shape index (κ3) is 8.51. The molecule has 1 saturated heterocycles. The van der Waals surface area contributed by atoms with Gasteiger partial charge in [0.2, 0.25) is 17.7 Å². The second kappa shape index (κ2) is 15.7. The van der Waals surface area contributed by atoms with Gasteiger partial charge in [0.25, 0.3) is 5.91 Å². The van der Waals surface area contributed by atoms with Gasteiger partial charge in [0.05, 0.1) is 5.69 Å². The molecule has 2 fully saturated rings. The smallest absolute Gasteiger partial charge is 0.270 e. The molecule has 1 aliphatic carbocycles. The monoisotopic (exact) mass is 639 g/mol. The summed E-state index contributed by atoms with van der Waals surface area (Å²) in [5, 5.41) is 12.8. The summed E-state index contributed by atoms with van der Waals surface area (Å²) in [5.74, 6) is -2.08. The van der Waals surface area contributed by atoms with Crippen LogP contribution in [0.3, 0.4) is 0 Å². The molecule has 0 spiro atoms. The first kappa shape index (κ1) is 35.1. The number of anilines is 1. The molecule has 3 atom stereocenters. The summed E-state index contributed by atoms with van der Waals surface area (Å²) in [6, 6.07) is 4.32. The third-order valence-electron chi connectivity index (χ3n) is 9.49. The lowest BCUT2D eigenvalue weighted by Crippen LogP contribution is -2.55. The molecule has 252 valence electrons. The number of carbonyl (C=O) groups is 4. The fourth-order valence-electron chi connectivity index (χ4n) is 6.36. The van der Waals surface area contributed by atoms with Crippen LogP contribution in [-0.2, 0) is 14.4 Å². The van der Waals surface area contributed by atoms with E-state index in [1.165, 1.54) is 12.1 Å². The number of nitrogens with zero attached hydrogens (tertiary/aromatic N) is 4. The molecule has 0 unspecified atom stereocenters. The highest BCUT2D eigenvalue weighted by molar-refractivity contribution is 6.00. The predicted molar refractivity (Wildman–Crippen MR) is 175 cm³/mol. The lowest BCUT2D eigenvalue weighted by Gasteiger charge is -2.36. The summed E-state index contributed by atoms with van der Waals surface area (Å²) in [6.45, 7) is 12.1. The molecule has 11 nitrogen and oxygen atoms in total. The Kier molecular flexibility index (Phi) is 11.9. The Labute approximate surface area is 271 Å². The number of rotatable bonds is 11. The number of hydrogen-bond acceptors (Lipinski definition) is 6. The highest BCUT2D eigenvalue weighted by atomic mass is 19.1. The molecule has 1 aliphatic heterocycles. The van der Waals surface area contributed by atoms with E-state index in [1.807, 2.05) is 20.9 Å². The second-order valence-electron chi connectivity index (χ2n) is 13.3. The van der Waals surface area contributed by atoms with E-state index < -0.39 is 35.6 Å². The van der Waals surface area contributed by atoms with Crippen molar-refractivity contribution in [2.24, 2.45) is 11.8 Å². The van der Waals surface area contributed by atoms with Gasteiger partial charge in [-0.05, 0) is 69.3 Å². The van der Waals surface area contributed by atoms with Gasteiger partial charge in [-0.15, -0.1) is 0 Å². The number of likely N-dealkylation sites (N-methyl/N-ethyl adjacent to an activating group) is 1. The van der Waals surface area contributed by atoms with Crippen LogP contribution in [0.2, 0.25) is 0 Å². The Morgan fingerprint density at radius 2 is 1.65 bits per heavy atom. The summed E-state index contributed by atoms with van der Waals surface area (Å²) in [6.07, 6.45) is 5.20. The molecular weight excluding hydrogens is 589 g/mol. The molecule has 0 radical (unpaired) electrons. The van der Waals surface area contributed by atoms with E-state index in [0.717, 1.165) is 38.8 Å². The first-order chi connectivity index (χ1) is 21.9. The van der Waals surface area contributed by atoms with Crippen LogP contribution in [0.5, 0.6) is 0 Å². The van der Waals surface area contributed by atoms with Gasteiger partial charge in [-0.1, -0.05) is 39.7 Å². The average Bonchev–Trinajstić information content (AvgIpc) is 3.54. The van der Waals surface area contributed by atoms with Crippen molar-refractivity contribution >= 4 is 29.3 Å². The zero-order valence-electron chi connectivity index (χ0n) is 28.0. The lowest BCUT2D eigenvalue weighted by atomic mass is 9.79. The summed E-state index contributed by atoms with van der Waals surface area (Å²) in [5.41, 5.74) is 0.862. The fourth-order valence-corrected chi connectivity index (χ4v) is 6.36. The van der Waals surface area contributed by atoms with Crippen molar-refractivity contribution < 1.29 is 23.6 Å². The molecule has 0 bridgehead atoms. The molecule has 1 aromatic heterocycles. The number of aromatic nitrogens is 2. The van der Waals surface area contributed by atoms with E-state index in [2.05, 4.69) is 32.9 Å². The molecular formula is C34H50FN7O4. The van der Waals surface area contributed by atoms with Gasteiger partial charge in [-0.2, -0.15) is 5.10 Å². The minimum absolute atomic E-state index is 0.0175. The van der Waals surface area contributed by atoms with Crippen molar-refractivity contribution in [1.29, 1.82) is 0 Å². The van der Waals surface area contributed by atoms with E-state index in [9.17, 15) is 19.2 Å². The van der Waals surface area contributed by atoms with Gasteiger partial charge in [-0.3, -0.25) is 23.9 Å². The lowest BCUT2D eigenvalue weighted by molar-refractivity contribution is -0.138. The van der Waals surface area contributed by atoms with E-state index in [-0.39, 0.29) is 35.9 Å². The van der Waals surface area contributed by atoms with E-state index in [1.54, 1.807) is 41.8 Å². The Bertz CT molecular complexity index is 1380. The normalized spacial score (nSPS) is 20.9. The first-order valence-electron chi connectivity index (χ1n) is 16.6. The van der Waals surface area contributed by atoms with Crippen LogP contribution in [0, 0.1) is 17.7 Å². The highest BCUT2D eigenvalue weighted by Crippen LogP contribution is 2.32. The SMILES string of the molecule is CCC(=O)N[C@@H](C(=O)N1CCN(C)CC1)[C@@H](C)c1ccc(NC(=O)[C@@H](NC(=O)c2ccnn2C(C)C)[C@H]2CC[C@H](C)CC2)c(F)c1. The van der Waals surface area contributed by atoms with Gasteiger partial charge < -0.3 is 25.8 Å². The molecule has 2 aromatic rings. The summed E-state index contributed by atoms with van der Waals surface area (Å²) < 4.78 is 17.3. The van der Waals surface area contributed by atoms with Crippen molar-refractivity contribution in [3.63, 3.8) is 0 Å². The number of carbonyl (C=O) groups excluding carboxylic acids is 4. The van der Waals surface area contributed by atoms with Crippen LogP contribution in [0.15, 0.2) is 30.5 Å². The van der Waals surface area contributed by atoms with Crippen molar-refractivity contribution in [2.45, 2.75) is 90.8 Å². The molecule has 1 aromatic carbocycles. The molecule has 2 aliphatic rings.